The van der Waals surface area contributed by atoms with E-state index >= 15 is 0 Å². The van der Waals surface area contributed by atoms with Crippen molar-refractivity contribution in [1.82, 2.24) is 4.90 Å². The van der Waals surface area contributed by atoms with E-state index in [2.05, 4.69) is 24.3 Å². The van der Waals surface area contributed by atoms with Crippen molar-refractivity contribution < 1.29 is 23.9 Å². The van der Waals surface area contributed by atoms with Gasteiger partial charge in [0.2, 0.25) is 5.91 Å². The Balaban J connectivity index is 1.54. The number of carbonyl (C=O) groups excluding carboxylic acids is 3. The van der Waals surface area contributed by atoms with Gasteiger partial charge in [-0.3, -0.25) is 9.59 Å². The van der Waals surface area contributed by atoms with E-state index in [9.17, 15) is 14.4 Å². The summed E-state index contributed by atoms with van der Waals surface area (Å²) in [5.74, 6) is -1.08. The Morgan fingerprint density at radius 1 is 0.919 bits per heavy atom. The van der Waals surface area contributed by atoms with E-state index in [1.54, 1.807) is 0 Å². The van der Waals surface area contributed by atoms with Gasteiger partial charge in [0.15, 0.2) is 0 Å². The summed E-state index contributed by atoms with van der Waals surface area (Å²) in [5, 5.41) is 0. The molecule has 3 rings (SSSR count). The first-order valence-corrected chi connectivity index (χ1v) is 13.7. The monoisotopic (exact) mass is 507 g/mol. The summed E-state index contributed by atoms with van der Waals surface area (Å²) < 4.78 is 10.6. The molecular weight excluding hydrogens is 466 g/mol. The summed E-state index contributed by atoms with van der Waals surface area (Å²) in [6, 6.07) is 19.9. The second-order valence-electron chi connectivity index (χ2n) is 10.4. The molecule has 2 aromatic rings. The van der Waals surface area contributed by atoms with Crippen molar-refractivity contribution in [2.24, 2.45) is 11.8 Å². The van der Waals surface area contributed by atoms with Gasteiger partial charge >= 0.3 is 12.1 Å². The number of hydrogen-bond donors (Lipinski definition) is 0. The molecule has 37 heavy (non-hydrogen) atoms. The van der Waals surface area contributed by atoms with Crippen molar-refractivity contribution in [3.63, 3.8) is 0 Å². The molecule has 1 heterocycles. The van der Waals surface area contributed by atoms with Crippen LogP contribution in [-0.4, -0.2) is 42.1 Å². The van der Waals surface area contributed by atoms with Crippen LogP contribution < -0.4 is 0 Å². The highest BCUT2D eigenvalue weighted by atomic mass is 16.6. The zero-order valence-electron chi connectivity index (χ0n) is 22.3. The minimum atomic E-state index is -0.618. The Labute approximate surface area is 221 Å². The third-order valence-electron chi connectivity index (χ3n) is 6.71. The smallest absolute Gasteiger partial charge is 0.416 e. The number of nitrogens with zero attached hydrogens (tertiary/aromatic N) is 1. The van der Waals surface area contributed by atoms with Gasteiger partial charge in [-0.1, -0.05) is 100 Å². The fraction of sp³-hybridized carbons (Fsp3) is 0.516. The van der Waals surface area contributed by atoms with Crippen LogP contribution in [0.2, 0.25) is 0 Å². The first kappa shape index (κ1) is 28.4. The fourth-order valence-corrected chi connectivity index (χ4v) is 4.69. The zero-order chi connectivity index (χ0) is 26.5. The molecular formula is C31H41NO5. The number of ether oxygens (including phenoxy) is 2. The van der Waals surface area contributed by atoms with Crippen LogP contribution in [0.3, 0.4) is 0 Å². The van der Waals surface area contributed by atoms with Crippen molar-refractivity contribution in [2.45, 2.75) is 77.7 Å². The van der Waals surface area contributed by atoms with Gasteiger partial charge in [-0.25, -0.2) is 9.69 Å². The Bertz CT molecular complexity index is 976. The Kier molecular flexibility index (Phi) is 11.7. The molecule has 200 valence electrons. The molecule has 0 aromatic heterocycles. The van der Waals surface area contributed by atoms with Crippen LogP contribution >= 0.6 is 0 Å². The van der Waals surface area contributed by atoms with Gasteiger partial charge in [0.05, 0.1) is 19.1 Å². The van der Waals surface area contributed by atoms with Crippen molar-refractivity contribution in [3.05, 3.63) is 71.8 Å². The first-order chi connectivity index (χ1) is 17.9. The molecule has 1 saturated heterocycles. The highest BCUT2D eigenvalue weighted by Gasteiger charge is 2.41. The maximum absolute atomic E-state index is 13.6. The van der Waals surface area contributed by atoms with Gasteiger partial charge in [0.25, 0.3) is 0 Å². The van der Waals surface area contributed by atoms with Crippen LogP contribution in [0.5, 0.6) is 0 Å². The van der Waals surface area contributed by atoms with E-state index in [-0.39, 0.29) is 36.9 Å². The summed E-state index contributed by atoms with van der Waals surface area (Å²) in [7, 11) is 0. The van der Waals surface area contributed by atoms with Crippen LogP contribution in [0.25, 0.3) is 0 Å². The summed E-state index contributed by atoms with van der Waals surface area (Å²) in [4.78, 5) is 39.9. The number of rotatable bonds is 15. The van der Waals surface area contributed by atoms with Crippen molar-refractivity contribution >= 4 is 18.0 Å². The third kappa shape index (κ3) is 9.67. The van der Waals surface area contributed by atoms with Gasteiger partial charge < -0.3 is 9.47 Å². The fourth-order valence-electron chi connectivity index (χ4n) is 4.69. The van der Waals surface area contributed by atoms with Gasteiger partial charge in [0, 0.05) is 5.92 Å². The maximum atomic E-state index is 13.6. The molecule has 0 spiro atoms. The summed E-state index contributed by atoms with van der Waals surface area (Å²) >= 11 is 0. The van der Waals surface area contributed by atoms with Crippen molar-refractivity contribution in [1.29, 1.82) is 0 Å². The standard InChI is InChI=1S/C31H41NO5/c1-24(2)22-36-29(33)21-27(19-13-5-3-4-8-14-25-15-9-6-10-16-25)30(34)32-28(23-37-31(32)35)20-26-17-11-7-12-18-26/h6-7,9-12,15-18,24,27-28H,3-5,8,13-14,19-23H2,1-2H3/t27-,28+/m0/s1. The van der Waals surface area contributed by atoms with Gasteiger partial charge in [-0.05, 0) is 42.7 Å². The molecule has 2 aromatic carbocycles. The highest BCUT2D eigenvalue weighted by Crippen LogP contribution is 2.25. The molecule has 0 radical (unpaired) electrons. The minimum Gasteiger partial charge on any atom is -0.465 e. The largest absolute Gasteiger partial charge is 0.465 e. The number of carbonyl (C=O) groups is 3. The lowest BCUT2D eigenvalue weighted by atomic mass is 9.94. The van der Waals surface area contributed by atoms with E-state index in [0.29, 0.717) is 19.4 Å². The summed E-state index contributed by atoms with van der Waals surface area (Å²) in [5.41, 5.74) is 2.39. The van der Waals surface area contributed by atoms with E-state index in [1.165, 1.54) is 10.5 Å². The van der Waals surface area contributed by atoms with E-state index in [0.717, 1.165) is 44.1 Å². The molecule has 0 unspecified atom stereocenters. The van der Waals surface area contributed by atoms with E-state index in [4.69, 9.17) is 9.47 Å². The van der Waals surface area contributed by atoms with Gasteiger partial charge in [-0.2, -0.15) is 0 Å². The average molecular weight is 508 g/mol. The molecule has 1 fully saturated rings. The molecule has 0 N–H and O–H groups in total. The second kappa shape index (κ2) is 15.2. The average Bonchev–Trinajstić information content (AvgIpc) is 3.26. The molecule has 2 atom stereocenters. The van der Waals surface area contributed by atoms with Crippen molar-refractivity contribution in [2.75, 3.05) is 13.2 Å². The predicted molar refractivity (Wildman–Crippen MR) is 144 cm³/mol. The van der Waals surface area contributed by atoms with E-state index < -0.39 is 12.0 Å². The van der Waals surface area contributed by atoms with Gasteiger partial charge in [0.1, 0.15) is 6.61 Å². The number of imide groups is 1. The lowest BCUT2D eigenvalue weighted by Gasteiger charge is -2.25. The number of cyclic esters (lactones) is 1. The highest BCUT2D eigenvalue weighted by molar-refractivity contribution is 5.96. The van der Waals surface area contributed by atoms with E-state index in [1.807, 2.05) is 50.2 Å². The second-order valence-corrected chi connectivity index (χ2v) is 10.4. The third-order valence-corrected chi connectivity index (χ3v) is 6.71. The molecule has 1 aliphatic heterocycles. The predicted octanol–water partition coefficient (Wildman–Crippen LogP) is 6.37. The van der Waals surface area contributed by atoms with Crippen LogP contribution in [-0.2, 0) is 31.9 Å². The Morgan fingerprint density at radius 2 is 1.54 bits per heavy atom. The quantitative estimate of drug-likeness (QED) is 0.207. The van der Waals surface area contributed by atoms with Crippen LogP contribution in [0.1, 0.15) is 69.9 Å². The number of aryl methyl sites for hydroxylation is 1. The Morgan fingerprint density at radius 3 is 2.22 bits per heavy atom. The minimum absolute atomic E-state index is 0.0125. The SMILES string of the molecule is CC(C)COC(=O)C[C@H](CCCCCCCc1ccccc1)C(=O)N1C(=O)OC[C@H]1Cc1ccccc1. The van der Waals surface area contributed by atoms with Gasteiger partial charge in [-0.15, -0.1) is 0 Å². The molecule has 6 heteroatoms. The number of benzene rings is 2. The maximum Gasteiger partial charge on any atom is 0.416 e. The lowest BCUT2D eigenvalue weighted by Crippen LogP contribution is -2.44. The topological polar surface area (TPSA) is 72.9 Å². The molecule has 0 saturated carbocycles. The molecule has 6 nitrogen and oxygen atoms in total. The lowest BCUT2D eigenvalue weighted by molar-refractivity contribution is -0.149. The molecule has 1 aliphatic rings. The zero-order valence-corrected chi connectivity index (χ0v) is 22.3. The number of amides is 2. The summed E-state index contributed by atoms with van der Waals surface area (Å²) in [6.07, 6.45) is 6.67. The molecule has 2 amide bonds. The molecule has 0 bridgehead atoms. The Hall–Kier alpha value is -3.15. The van der Waals surface area contributed by atoms with Crippen molar-refractivity contribution in [3.8, 4) is 0 Å². The first-order valence-electron chi connectivity index (χ1n) is 13.7. The molecule has 0 aliphatic carbocycles. The summed E-state index contributed by atoms with van der Waals surface area (Å²) in [6.45, 7) is 4.44. The number of hydrogen-bond acceptors (Lipinski definition) is 5. The normalized spacial score (nSPS) is 16.0. The van der Waals surface area contributed by atoms with Crippen LogP contribution in [0, 0.1) is 11.8 Å². The van der Waals surface area contributed by atoms with Crippen LogP contribution in [0.15, 0.2) is 60.7 Å². The number of esters is 1. The number of unbranched alkanes of at least 4 members (excludes halogenated alkanes) is 4. The van der Waals surface area contributed by atoms with Crippen LogP contribution in [0.4, 0.5) is 4.79 Å².